The number of hydrogen-bond donors (Lipinski definition) is 3. The van der Waals surface area contributed by atoms with Gasteiger partial charge >= 0.3 is 0 Å². The van der Waals surface area contributed by atoms with Gasteiger partial charge in [-0.3, -0.25) is 9.78 Å². The number of aromatic amines is 1. The number of carbonyl (C=O) groups is 1. The summed E-state index contributed by atoms with van der Waals surface area (Å²) in [4.78, 5) is 25.9. The second-order valence-electron chi connectivity index (χ2n) is 8.45. The number of fused-ring (bicyclic) bond motifs is 4. The van der Waals surface area contributed by atoms with Crippen LogP contribution < -0.4 is 20.1 Å². The molecule has 6 rings (SSSR count). The summed E-state index contributed by atoms with van der Waals surface area (Å²) in [5, 5.41) is 7.07. The predicted octanol–water partition coefficient (Wildman–Crippen LogP) is 5.03. The van der Waals surface area contributed by atoms with Crippen molar-refractivity contribution >= 4 is 39.9 Å². The summed E-state index contributed by atoms with van der Waals surface area (Å²) in [7, 11) is 3.15. The first-order chi connectivity index (χ1) is 16.6. The maximum atomic E-state index is 13.2. The molecule has 1 amide bonds. The second kappa shape index (κ2) is 7.92. The number of methoxy groups -OCH3 is 2. The molecule has 4 heterocycles. The average Bonchev–Trinajstić information content (AvgIpc) is 3.19. The summed E-state index contributed by atoms with van der Waals surface area (Å²) in [5.74, 6) is 1.13. The molecule has 0 bridgehead atoms. The molecular weight excluding hydrogens is 454 g/mol. The number of ether oxygens (including phenoxy) is 2. The van der Waals surface area contributed by atoms with Crippen LogP contribution in [0.1, 0.15) is 34.8 Å². The van der Waals surface area contributed by atoms with E-state index in [9.17, 15) is 4.79 Å². The molecule has 2 aliphatic rings. The maximum absolute atomic E-state index is 13.2. The van der Waals surface area contributed by atoms with Crippen LogP contribution in [0.25, 0.3) is 22.3 Å². The van der Waals surface area contributed by atoms with Crippen molar-refractivity contribution in [2.45, 2.75) is 24.8 Å². The summed E-state index contributed by atoms with van der Waals surface area (Å²) in [6, 6.07) is 11.2. The van der Waals surface area contributed by atoms with E-state index in [-0.39, 0.29) is 17.9 Å². The molecule has 1 aliphatic heterocycles. The van der Waals surface area contributed by atoms with Crippen molar-refractivity contribution in [2.24, 2.45) is 0 Å². The third kappa shape index (κ3) is 3.09. The van der Waals surface area contributed by atoms with Gasteiger partial charge in [0.25, 0.3) is 5.91 Å². The molecule has 0 spiro atoms. The topological polar surface area (TPSA) is 101 Å². The number of carbonyl (C=O) groups excluding carboxylic acids is 1. The Morgan fingerprint density at radius 2 is 2.00 bits per heavy atom. The van der Waals surface area contributed by atoms with E-state index in [0.717, 1.165) is 35.3 Å². The van der Waals surface area contributed by atoms with Crippen molar-refractivity contribution in [2.75, 3.05) is 19.5 Å². The molecule has 3 N–H and O–H groups in total. The molecule has 8 nitrogen and oxygen atoms in total. The van der Waals surface area contributed by atoms with E-state index in [0.29, 0.717) is 39.1 Å². The van der Waals surface area contributed by atoms with Gasteiger partial charge in [-0.05, 0) is 37.1 Å². The second-order valence-corrected chi connectivity index (χ2v) is 8.86. The predicted molar refractivity (Wildman–Crippen MR) is 130 cm³/mol. The van der Waals surface area contributed by atoms with Crippen molar-refractivity contribution in [1.29, 1.82) is 0 Å². The smallest absolute Gasteiger partial charge is 0.255 e. The van der Waals surface area contributed by atoms with Gasteiger partial charge in [0, 0.05) is 35.5 Å². The summed E-state index contributed by atoms with van der Waals surface area (Å²) in [6.07, 6.45) is 3.73. The Hall–Kier alpha value is -3.78. The van der Waals surface area contributed by atoms with Crippen LogP contribution in [-0.4, -0.2) is 41.1 Å². The minimum Gasteiger partial charge on any atom is -0.493 e. The van der Waals surface area contributed by atoms with Gasteiger partial charge in [-0.2, -0.15) is 0 Å². The number of H-pyrrole nitrogens is 1. The van der Waals surface area contributed by atoms with Crippen LogP contribution in [0.5, 0.6) is 11.6 Å². The van der Waals surface area contributed by atoms with Gasteiger partial charge in [0.1, 0.15) is 5.52 Å². The third-order valence-electron chi connectivity index (χ3n) is 6.69. The zero-order valence-corrected chi connectivity index (χ0v) is 19.4. The number of amides is 1. The molecule has 2 atom stereocenters. The number of rotatable bonds is 5. The molecule has 34 heavy (non-hydrogen) atoms. The van der Waals surface area contributed by atoms with E-state index in [1.165, 1.54) is 0 Å². The minimum absolute atomic E-state index is 0.106. The Morgan fingerprint density at radius 3 is 2.76 bits per heavy atom. The number of anilines is 2. The van der Waals surface area contributed by atoms with Crippen LogP contribution in [0, 0.1) is 0 Å². The average molecular weight is 476 g/mol. The van der Waals surface area contributed by atoms with Crippen molar-refractivity contribution < 1.29 is 14.3 Å². The highest BCUT2D eigenvalue weighted by atomic mass is 35.5. The van der Waals surface area contributed by atoms with Crippen molar-refractivity contribution in [3.63, 3.8) is 0 Å². The fourth-order valence-corrected chi connectivity index (χ4v) is 5.14. The first-order valence-corrected chi connectivity index (χ1v) is 11.4. The fraction of sp³-hybridized carbons (Fsp3) is 0.240. The Kier molecular flexibility index (Phi) is 4.84. The van der Waals surface area contributed by atoms with E-state index in [1.54, 1.807) is 32.5 Å². The van der Waals surface area contributed by atoms with Crippen LogP contribution >= 0.6 is 11.6 Å². The third-order valence-corrected chi connectivity index (χ3v) is 6.98. The number of halogens is 1. The monoisotopic (exact) mass is 475 g/mol. The van der Waals surface area contributed by atoms with E-state index >= 15 is 0 Å². The first kappa shape index (κ1) is 20.8. The first-order valence-electron chi connectivity index (χ1n) is 11.1. The lowest BCUT2D eigenvalue weighted by Crippen LogP contribution is -2.49. The summed E-state index contributed by atoms with van der Waals surface area (Å²) >= 11 is 6.38. The van der Waals surface area contributed by atoms with Crippen molar-refractivity contribution in [3.05, 3.63) is 58.9 Å². The molecule has 1 fully saturated rings. The molecule has 4 aromatic rings. The van der Waals surface area contributed by atoms with Crippen LogP contribution in [0.3, 0.4) is 0 Å². The molecule has 1 saturated carbocycles. The summed E-state index contributed by atoms with van der Waals surface area (Å²) < 4.78 is 10.9. The highest BCUT2D eigenvalue weighted by Gasteiger charge is 2.43. The fourth-order valence-electron chi connectivity index (χ4n) is 4.89. The van der Waals surface area contributed by atoms with Gasteiger partial charge in [0.2, 0.25) is 5.88 Å². The molecule has 172 valence electrons. The largest absolute Gasteiger partial charge is 0.493 e. The van der Waals surface area contributed by atoms with E-state index in [1.807, 2.05) is 24.3 Å². The quantitative estimate of drug-likeness (QED) is 0.374. The molecule has 0 radical (unpaired) electrons. The van der Waals surface area contributed by atoms with Crippen LogP contribution in [0.2, 0.25) is 5.02 Å². The van der Waals surface area contributed by atoms with Crippen molar-refractivity contribution in [3.8, 4) is 22.9 Å². The van der Waals surface area contributed by atoms with E-state index < -0.39 is 0 Å². The molecule has 1 aromatic carbocycles. The molecule has 3 aromatic heterocycles. The van der Waals surface area contributed by atoms with Gasteiger partial charge in [0.05, 0.1) is 47.4 Å². The lowest BCUT2D eigenvalue weighted by molar-refractivity contribution is 0.0878. The van der Waals surface area contributed by atoms with Gasteiger partial charge in [-0.15, -0.1) is 0 Å². The lowest BCUT2D eigenvalue weighted by Gasteiger charge is -2.40. The Morgan fingerprint density at radius 1 is 1.12 bits per heavy atom. The molecule has 0 unspecified atom stereocenters. The van der Waals surface area contributed by atoms with E-state index in [2.05, 4.69) is 25.6 Å². The van der Waals surface area contributed by atoms with Crippen LogP contribution in [0.4, 0.5) is 11.4 Å². The van der Waals surface area contributed by atoms with Crippen LogP contribution in [-0.2, 0) is 0 Å². The Labute approximate surface area is 200 Å². The maximum Gasteiger partial charge on any atom is 0.255 e. The van der Waals surface area contributed by atoms with Crippen LogP contribution in [0.15, 0.2) is 42.6 Å². The SMILES string of the molecule is COc1ccc2nccc(-c3[nH]c4c(c3Nc3cccc(Cl)c3OC)C(=O)N[C@H]3CC[C@@H]43)c2n1. The number of nitrogens with zero attached hydrogens (tertiary/aromatic N) is 2. The number of nitrogens with one attached hydrogen (secondary N) is 3. The van der Waals surface area contributed by atoms with Gasteiger partial charge in [0.15, 0.2) is 5.75 Å². The number of aromatic nitrogens is 3. The highest BCUT2D eigenvalue weighted by molar-refractivity contribution is 6.32. The molecule has 1 aliphatic carbocycles. The number of para-hydroxylation sites is 1. The van der Waals surface area contributed by atoms with Gasteiger partial charge in [-0.25, -0.2) is 4.98 Å². The van der Waals surface area contributed by atoms with Gasteiger partial charge in [-0.1, -0.05) is 17.7 Å². The zero-order valence-electron chi connectivity index (χ0n) is 18.6. The van der Waals surface area contributed by atoms with E-state index in [4.69, 9.17) is 21.1 Å². The minimum atomic E-state index is -0.106. The number of hydrogen-bond acceptors (Lipinski definition) is 6. The Bertz CT molecular complexity index is 1450. The highest BCUT2D eigenvalue weighted by Crippen LogP contribution is 2.48. The molecule has 0 saturated heterocycles. The Balaban J connectivity index is 1.60. The lowest BCUT2D eigenvalue weighted by atomic mass is 9.74. The summed E-state index contributed by atoms with van der Waals surface area (Å²) in [6.45, 7) is 0. The number of pyridine rings is 2. The zero-order chi connectivity index (χ0) is 23.4. The molecule has 9 heteroatoms. The molecular formula is C25H22ClN5O3. The number of benzene rings is 1. The standard InChI is InChI=1S/C25H22ClN5O3/c1-33-18-9-8-16-20(30-18)13(10-11-27-16)22-23(28-17-5-3-4-14(26)24(17)34-2)19-21(31-22)12-6-7-15(12)29-25(19)32/h3-5,8-12,15,28,31H,6-7H2,1-2H3,(H,29,32)/t12-,15+/m1/s1. The normalized spacial score (nSPS) is 18.5. The van der Waals surface area contributed by atoms with Crippen molar-refractivity contribution in [1.82, 2.24) is 20.3 Å². The van der Waals surface area contributed by atoms with Gasteiger partial charge < -0.3 is 25.1 Å². The summed E-state index contributed by atoms with van der Waals surface area (Å²) in [5.41, 5.74) is 5.81.